The van der Waals surface area contributed by atoms with E-state index in [1.54, 1.807) is 0 Å². The first-order valence-corrected chi connectivity index (χ1v) is 7.26. The van der Waals surface area contributed by atoms with E-state index in [1.165, 1.54) is 55.3 Å². The molecule has 1 aliphatic rings. The Morgan fingerprint density at radius 1 is 1.36 bits per heavy atom. The molecule has 1 aliphatic heterocycles. The van der Waals surface area contributed by atoms with Crippen molar-refractivity contribution in [3.05, 3.63) is 0 Å². The predicted molar refractivity (Wildman–Crippen MR) is 70.3 cm³/mol. The molecule has 0 aromatic heterocycles. The molecule has 0 saturated carbocycles. The van der Waals surface area contributed by atoms with E-state index in [0.29, 0.717) is 0 Å². The number of rotatable bonds is 5. The van der Waals surface area contributed by atoms with Crippen LogP contribution in [-0.2, 0) is 0 Å². The Bertz CT molecular complexity index is 171. The van der Waals surface area contributed by atoms with Crippen LogP contribution in [-0.4, -0.2) is 34.5 Å². The summed E-state index contributed by atoms with van der Waals surface area (Å²) in [6.45, 7) is 4.61. The molecule has 0 bridgehead atoms. The Kier molecular flexibility index (Phi) is 6.61. The van der Waals surface area contributed by atoms with Crippen molar-refractivity contribution in [2.75, 3.05) is 24.6 Å². The van der Waals surface area contributed by atoms with Crippen molar-refractivity contribution in [3.63, 3.8) is 0 Å². The van der Waals surface area contributed by atoms with Crippen LogP contribution in [0.3, 0.4) is 0 Å². The lowest BCUT2D eigenvalue weighted by molar-refractivity contribution is 0.421. The maximum absolute atomic E-state index is 5.41. The van der Waals surface area contributed by atoms with E-state index in [9.17, 15) is 0 Å². The van der Waals surface area contributed by atoms with Gasteiger partial charge in [-0.3, -0.25) is 0 Å². The van der Waals surface area contributed by atoms with Crippen LogP contribution in [0.4, 0.5) is 0 Å². The Morgan fingerprint density at radius 2 is 2.21 bits per heavy atom. The SMILES string of the molecule is CCSCCCN1CCCCCC1=S. The highest BCUT2D eigenvalue weighted by molar-refractivity contribution is 7.99. The maximum atomic E-state index is 5.41. The van der Waals surface area contributed by atoms with Crippen molar-refractivity contribution in [3.8, 4) is 0 Å². The minimum Gasteiger partial charge on any atom is -0.366 e. The largest absolute Gasteiger partial charge is 0.366 e. The molecular formula is C11H21NS2. The van der Waals surface area contributed by atoms with Gasteiger partial charge in [-0.05, 0) is 37.2 Å². The molecule has 14 heavy (non-hydrogen) atoms. The van der Waals surface area contributed by atoms with Gasteiger partial charge < -0.3 is 4.90 Å². The van der Waals surface area contributed by atoms with E-state index in [4.69, 9.17) is 12.2 Å². The lowest BCUT2D eigenvalue weighted by Gasteiger charge is -2.22. The summed E-state index contributed by atoms with van der Waals surface area (Å²) < 4.78 is 0. The third-order valence-corrected chi connectivity index (χ3v) is 4.04. The van der Waals surface area contributed by atoms with E-state index in [0.717, 1.165) is 6.42 Å². The normalized spacial score (nSPS) is 18.4. The fourth-order valence-corrected chi connectivity index (χ4v) is 2.73. The van der Waals surface area contributed by atoms with Crippen molar-refractivity contribution in [1.82, 2.24) is 4.90 Å². The van der Waals surface area contributed by atoms with E-state index in [-0.39, 0.29) is 0 Å². The first-order valence-electron chi connectivity index (χ1n) is 5.70. The average Bonchev–Trinajstić information content (AvgIpc) is 2.39. The molecule has 0 aromatic carbocycles. The molecule has 82 valence electrons. The van der Waals surface area contributed by atoms with Crippen LogP contribution >= 0.6 is 24.0 Å². The van der Waals surface area contributed by atoms with Gasteiger partial charge in [-0.15, -0.1) is 0 Å². The highest BCUT2D eigenvalue weighted by atomic mass is 32.2. The van der Waals surface area contributed by atoms with Gasteiger partial charge in [0.2, 0.25) is 0 Å². The average molecular weight is 231 g/mol. The zero-order valence-corrected chi connectivity index (χ0v) is 10.8. The Hall–Kier alpha value is 0.240. The second kappa shape index (κ2) is 7.52. The molecule has 1 saturated heterocycles. The van der Waals surface area contributed by atoms with Gasteiger partial charge in [0.25, 0.3) is 0 Å². The second-order valence-electron chi connectivity index (χ2n) is 3.74. The van der Waals surface area contributed by atoms with E-state index >= 15 is 0 Å². The number of thiocarbonyl (C=S) groups is 1. The topological polar surface area (TPSA) is 3.24 Å². The molecule has 0 radical (unpaired) electrons. The van der Waals surface area contributed by atoms with E-state index < -0.39 is 0 Å². The third-order valence-electron chi connectivity index (χ3n) is 2.59. The quantitative estimate of drug-likeness (QED) is 0.528. The van der Waals surface area contributed by atoms with Crippen LogP contribution in [0.15, 0.2) is 0 Å². The second-order valence-corrected chi connectivity index (χ2v) is 5.61. The number of hydrogen-bond donors (Lipinski definition) is 0. The van der Waals surface area contributed by atoms with Crippen molar-refractivity contribution >= 4 is 29.0 Å². The molecule has 0 spiro atoms. The van der Waals surface area contributed by atoms with Gasteiger partial charge in [-0.1, -0.05) is 25.6 Å². The van der Waals surface area contributed by atoms with E-state index in [2.05, 4.69) is 11.8 Å². The molecule has 0 aliphatic carbocycles. The van der Waals surface area contributed by atoms with Gasteiger partial charge in [0.1, 0.15) is 0 Å². The van der Waals surface area contributed by atoms with Gasteiger partial charge in [0, 0.05) is 13.1 Å². The molecule has 0 atom stereocenters. The van der Waals surface area contributed by atoms with Gasteiger partial charge in [-0.25, -0.2) is 0 Å². The maximum Gasteiger partial charge on any atom is 0.0779 e. The zero-order chi connectivity index (χ0) is 10.2. The fraction of sp³-hybridized carbons (Fsp3) is 0.909. The zero-order valence-electron chi connectivity index (χ0n) is 9.13. The summed E-state index contributed by atoms with van der Waals surface area (Å²) in [5.41, 5.74) is 0. The first kappa shape index (κ1) is 12.3. The highest BCUT2D eigenvalue weighted by Gasteiger charge is 2.11. The lowest BCUT2D eigenvalue weighted by Crippen LogP contribution is -2.30. The molecule has 0 unspecified atom stereocenters. The summed E-state index contributed by atoms with van der Waals surface area (Å²) in [5.74, 6) is 2.53. The molecule has 1 fully saturated rings. The smallest absolute Gasteiger partial charge is 0.0779 e. The van der Waals surface area contributed by atoms with Gasteiger partial charge in [0.05, 0.1) is 4.99 Å². The van der Waals surface area contributed by atoms with Gasteiger partial charge in [-0.2, -0.15) is 11.8 Å². The number of nitrogens with zero attached hydrogens (tertiary/aromatic N) is 1. The Morgan fingerprint density at radius 3 is 3.00 bits per heavy atom. The minimum absolute atomic E-state index is 1.15. The van der Waals surface area contributed by atoms with Crippen LogP contribution in [0.2, 0.25) is 0 Å². The van der Waals surface area contributed by atoms with Crippen LogP contribution < -0.4 is 0 Å². The summed E-state index contributed by atoms with van der Waals surface area (Å²) in [5, 5.41) is 0. The monoisotopic (exact) mass is 231 g/mol. The summed E-state index contributed by atoms with van der Waals surface area (Å²) >= 11 is 7.44. The van der Waals surface area contributed by atoms with Crippen molar-refractivity contribution < 1.29 is 0 Å². The van der Waals surface area contributed by atoms with Crippen LogP contribution in [0.1, 0.15) is 39.0 Å². The van der Waals surface area contributed by atoms with Crippen molar-refractivity contribution in [2.45, 2.75) is 39.0 Å². The van der Waals surface area contributed by atoms with Crippen LogP contribution in [0.25, 0.3) is 0 Å². The lowest BCUT2D eigenvalue weighted by atomic mass is 10.2. The summed E-state index contributed by atoms with van der Waals surface area (Å²) in [6.07, 6.45) is 6.44. The van der Waals surface area contributed by atoms with Crippen LogP contribution in [0, 0.1) is 0 Å². The molecule has 1 heterocycles. The fourth-order valence-electron chi connectivity index (χ4n) is 1.78. The van der Waals surface area contributed by atoms with Crippen LogP contribution in [0.5, 0.6) is 0 Å². The third kappa shape index (κ3) is 4.65. The molecule has 1 nitrogen and oxygen atoms in total. The number of likely N-dealkylation sites (tertiary alicyclic amines) is 1. The predicted octanol–water partition coefficient (Wildman–Crippen LogP) is 3.33. The summed E-state index contributed by atoms with van der Waals surface area (Å²) in [4.78, 5) is 3.64. The molecule has 3 heteroatoms. The number of thioether (sulfide) groups is 1. The molecule has 1 rings (SSSR count). The standard InChI is InChI=1S/C11H21NS2/c1-2-14-10-6-9-12-8-5-3-4-7-11(12)13/h2-10H2,1H3. The molecule has 0 amide bonds. The first-order chi connectivity index (χ1) is 6.84. The van der Waals surface area contributed by atoms with E-state index in [1.807, 2.05) is 11.8 Å². The Balaban J connectivity index is 2.16. The minimum atomic E-state index is 1.15. The van der Waals surface area contributed by atoms with Gasteiger partial charge in [0.15, 0.2) is 0 Å². The summed E-state index contributed by atoms with van der Waals surface area (Å²) in [6, 6.07) is 0. The number of hydrogen-bond acceptors (Lipinski definition) is 2. The Labute approximate surface area is 97.6 Å². The highest BCUT2D eigenvalue weighted by Crippen LogP contribution is 2.13. The summed E-state index contributed by atoms with van der Waals surface area (Å²) in [7, 11) is 0. The molecule has 0 N–H and O–H groups in total. The van der Waals surface area contributed by atoms with Crippen molar-refractivity contribution in [1.29, 1.82) is 0 Å². The molecule has 0 aromatic rings. The van der Waals surface area contributed by atoms with Crippen molar-refractivity contribution in [2.24, 2.45) is 0 Å². The van der Waals surface area contributed by atoms with Gasteiger partial charge >= 0.3 is 0 Å². The molecular weight excluding hydrogens is 210 g/mol.